The molecule has 3 heterocycles. The van der Waals surface area contributed by atoms with E-state index in [1.165, 1.54) is 18.3 Å². The predicted molar refractivity (Wildman–Crippen MR) is 79.6 cm³/mol. The van der Waals surface area contributed by atoms with Crippen LogP contribution in [-0.2, 0) is 0 Å². The van der Waals surface area contributed by atoms with Crippen molar-refractivity contribution in [3.8, 4) is 5.88 Å². The van der Waals surface area contributed by atoms with Crippen LogP contribution in [0.15, 0.2) is 36.7 Å². The molecule has 8 heteroatoms. The van der Waals surface area contributed by atoms with Crippen molar-refractivity contribution in [2.24, 2.45) is 0 Å². The number of nitrogens with one attached hydrogen (secondary N) is 1. The minimum Gasteiger partial charge on any atom is -0.468 e. The SMILES string of the molecule is O=C(c1ccc(OCC(F)(F)F)nc1)N1CCC[C@H]1c1ccc[nH]1. The maximum absolute atomic E-state index is 12.6. The fourth-order valence-electron chi connectivity index (χ4n) is 2.80. The summed E-state index contributed by atoms with van der Waals surface area (Å²) in [6.45, 7) is -0.775. The average molecular weight is 339 g/mol. The van der Waals surface area contributed by atoms with Gasteiger partial charge in [-0.05, 0) is 31.0 Å². The number of H-pyrrole nitrogens is 1. The van der Waals surface area contributed by atoms with Crippen LogP contribution < -0.4 is 4.74 Å². The molecule has 0 saturated carbocycles. The number of hydrogen-bond donors (Lipinski definition) is 1. The largest absolute Gasteiger partial charge is 0.468 e. The van der Waals surface area contributed by atoms with Crippen molar-refractivity contribution in [1.82, 2.24) is 14.9 Å². The van der Waals surface area contributed by atoms with Gasteiger partial charge in [-0.15, -0.1) is 0 Å². The van der Waals surface area contributed by atoms with Crippen LogP contribution in [-0.4, -0.2) is 40.1 Å². The molecule has 1 aliphatic rings. The summed E-state index contributed by atoms with van der Waals surface area (Å²) < 4.78 is 40.9. The number of carbonyl (C=O) groups is 1. The summed E-state index contributed by atoms with van der Waals surface area (Å²) in [5.41, 5.74) is 1.30. The standard InChI is InChI=1S/C16H16F3N3O2/c17-16(18,19)10-24-14-6-5-11(9-21-14)15(23)22-8-2-4-13(22)12-3-1-7-20-12/h1,3,5-7,9,13,20H,2,4,8,10H2/t13-/m0/s1. The number of amides is 1. The number of aromatic amines is 1. The lowest BCUT2D eigenvalue weighted by molar-refractivity contribution is -0.154. The Morgan fingerprint density at radius 2 is 2.21 bits per heavy atom. The van der Waals surface area contributed by atoms with E-state index in [0.29, 0.717) is 12.1 Å². The zero-order chi connectivity index (χ0) is 17.2. The summed E-state index contributed by atoms with van der Waals surface area (Å²) in [6, 6.07) is 6.51. The van der Waals surface area contributed by atoms with Crippen LogP contribution in [0.5, 0.6) is 5.88 Å². The van der Waals surface area contributed by atoms with Gasteiger partial charge in [0.25, 0.3) is 5.91 Å². The Morgan fingerprint density at radius 1 is 1.38 bits per heavy atom. The molecule has 1 atom stereocenters. The van der Waals surface area contributed by atoms with E-state index in [1.807, 2.05) is 18.3 Å². The van der Waals surface area contributed by atoms with Gasteiger partial charge in [-0.2, -0.15) is 13.2 Å². The third-order valence-electron chi connectivity index (χ3n) is 3.86. The highest BCUT2D eigenvalue weighted by Gasteiger charge is 2.31. The van der Waals surface area contributed by atoms with Crippen molar-refractivity contribution < 1.29 is 22.7 Å². The molecule has 128 valence electrons. The van der Waals surface area contributed by atoms with Crippen molar-refractivity contribution in [2.75, 3.05) is 13.2 Å². The fraction of sp³-hybridized carbons (Fsp3) is 0.375. The van der Waals surface area contributed by atoms with Crippen LogP contribution in [0.2, 0.25) is 0 Å². The summed E-state index contributed by atoms with van der Waals surface area (Å²) in [6.07, 6.45) is 0.403. The van der Waals surface area contributed by atoms with Gasteiger partial charge >= 0.3 is 6.18 Å². The van der Waals surface area contributed by atoms with Gasteiger partial charge in [0, 0.05) is 30.7 Å². The lowest BCUT2D eigenvalue weighted by atomic mass is 10.1. The number of nitrogens with zero attached hydrogens (tertiary/aromatic N) is 2. The smallest absolute Gasteiger partial charge is 0.422 e. The van der Waals surface area contributed by atoms with E-state index in [4.69, 9.17) is 0 Å². The molecule has 3 rings (SSSR count). The number of likely N-dealkylation sites (tertiary alicyclic amines) is 1. The number of halogens is 3. The minimum absolute atomic E-state index is 0.0198. The van der Waals surface area contributed by atoms with E-state index in [0.717, 1.165) is 18.5 Å². The number of pyridine rings is 1. The molecule has 0 aromatic carbocycles. The molecular weight excluding hydrogens is 323 g/mol. The van der Waals surface area contributed by atoms with Crippen molar-refractivity contribution in [3.63, 3.8) is 0 Å². The molecule has 0 unspecified atom stereocenters. The highest BCUT2D eigenvalue weighted by molar-refractivity contribution is 5.94. The molecule has 1 amide bonds. The molecule has 1 aliphatic heterocycles. The molecule has 24 heavy (non-hydrogen) atoms. The van der Waals surface area contributed by atoms with Crippen LogP contribution in [0.1, 0.15) is 34.9 Å². The molecule has 1 saturated heterocycles. The molecule has 5 nitrogen and oxygen atoms in total. The number of ether oxygens (including phenoxy) is 1. The molecule has 0 spiro atoms. The zero-order valence-corrected chi connectivity index (χ0v) is 12.7. The van der Waals surface area contributed by atoms with Crippen LogP contribution in [0.25, 0.3) is 0 Å². The van der Waals surface area contributed by atoms with Gasteiger partial charge in [0.15, 0.2) is 6.61 Å². The molecule has 2 aromatic heterocycles. The highest BCUT2D eigenvalue weighted by atomic mass is 19.4. The lowest BCUT2D eigenvalue weighted by Crippen LogP contribution is -2.30. The van der Waals surface area contributed by atoms with Gasteiger partial charge < -0.3 is 14.6 Å². The number of aromatic nitrogens is 2. The Kier molecular flexibility index (Phi) is 4.46. The first-order valence-electron chi connectivity index (χ1n) is 7.54. The predicted octanol–water partition coefficient (Wildman–Crippen LogP) is 3.33. The molecule has 0 aliphatic carbocycles. The summed E-state index contributed by atoms with van der Waals surface area (Å²) in [5.74, 6) is -0.354. The maximum Gasteiger partial charge on any atom is 0.422 e. The first kappa shape index (κ1) is 16.4. The van der Waals surface area contributed by atoms with Crippen molar-refractivity contribution >= 4 is 5.91 Å². The summed E-state index contributed by atoms with van der Waals surface area (Å²) in [4.78, 5) is 21.3. The summed E-state index contributed by atoms with van der Waals surface area (Å²) >= 11 is 0. The number of alkyl halides is 3. The lowest BCUT2D eigenvalue weighted by Gasteiger charge is -2.24. The Morgan fingerprint density at radius 3 is 2.83 bits per heavy atom. The first-order valence-corrected chi connectivity index (χ1v) is 7.54. The monoisotopic (exact) mass is 339 g/mol. The topological polar surface area (TPSA) is 58.2 Å². The normalized spacial score (nSPS) is 18.0. The van der Waals surface area contributed by atoms with E-state index >= 15 is 0 Å². The third kappa shape index (κ3) is 3.69. The number of hydrogen-bond acceptors (Lipinski definition) is 3. The number of rotatable bonds is 4. The van der Waals surface area contributed by atoms with E-state index in [1.54, 1.807) is 4.90 Å². The molecule has 2 aromatic rings. The minimum atomic E-state index is -4.42. The first-order chi connectivity index (χ1) is 11.4. The Hall–Kier alpha value is -2.51. The Labute approximate surface area is 136 Å². The highest BCUT2D eigenvalue weighted by Crippen LogP contribution is 2.32. The van der Waals surface area contributed by atoms with E-state index in [-0.39, 0.29) is 17.8 Å². The van der Waals surface area contributed by atoms with Crippen LogP contribution in [0, 0.1) is 0 Å². The third-order valence-corrected chi connectivity index (χ3v) is 3.86. The Balaban J connectivity index is 1.68. The van der Waals surface area contributed by atoms with Crippen LogP contribution >= 0.6 is 0 Å². The van der Waals surface area contributed by atoms with E-state index in [2.05, 4.69) is 14.7 Å². The van der Waals surface area contributed by atoms with Crippen molar-refractivity contribution in [1.29, 1.82) is 0 Å². The summed E-state index contributed by atoms with van der Waals surface area (Å²) in [5, 5.41) is 0. The quantitative estimate of drug-likeness (QED) is 0.929. The van der Waals surface area contributed by atoms with Crippen LogP contribution in [0.3, 0.4) is 0 Å². The molecule has 0 bridgehead atoms. The van der Waals surface area contributed by atoms with Crippen LogP contribution in [0.4, 0.5) is 13.2 Å². The average Bonchev–Trinajstić information content (AvgIpc) is 3.22. The molecule has 1 fully saturated rings. The maximum atomic E-state index is 12.6. The molecule has 0 radical (unpaired) electrons. The second-order valence-corrected chi connectivity index (χ2v) is 5.57. The fourth-order valence-corrected chi connectivity index (χ4v) is 2.80. The second-order valence-electron chi connectivity index (χ2n) is 5.57. The van der Waals surface area contributed by atoms with Crippen molar-refractivity contribution in [2.45, 2.75) is 25.1 Å². The van der Waals surface area contributed by atoms with Gasteiger partial charge in [0.1, 0.15) is 0 Å². The Bertz CT molecular complexity index is 684. The van der Waals surface area contributed by atoms with Crippen molar-refractivity contribution in [3.05, 3.63) is 47.9 Å². The van der Waals surface area contributed by atoms with Gasteiger partial charge in [-0.25, -0.2) is 4.98 Å². The summed E-state index contributed by atoms with van der Waals surface area (Å²) in [7, 11) is 0. The van der Waals surface area contributed by atoms with E-state index in [9.17, 15) is 18.0 Å². The molecule has 1 N–H and O–H groups in total. The van der Waals surface area contributed by atoms with Gasteiger partial charge in [0.05, 0.1) is 11.6 Å². The van der Waals surface area contributed by atoms with Gasteiger partial charge in [0.2, 0.25) is 5.88 Å². The second kappa shape index (κ2) is 6.54. The molecular formula is C16H16F3N3O2. The van der Waals surface area contributed by atoms with Gasteiger partial charge in [-0.3, -0.25) is 4.79 Å². The van der Waals surface area contributed by atoms with E-state index < -0.39 is 12.8 Å². The number of carbonyl (C=O) groups excluding carboxylic acids is 1. The van der Waals surface area contributed by atoms with Gasteiger partial charge in [-0.1, -0.05) is 0 Å². The zero-order valence-electron chi connectivity index (χ0n) is 12.7.